The third-order valence-electron chi connectivity index (χ3n) is 2.09. The van der Waals surface area contributed by atoms with Crippen molar-refractivity contribution in [2.24, 2.45) is 0 Å². The van der Waals surface area contributed by atoms with Crippen LogP contribution in [0.3, 0.4) is 0 Å². The van der Waals surface area contributed by atoms with Crippen molar-refractivity contribution in [2.45, 2.75) is 13.3 Å². The van der Waals surface area contributed by atoms with Crippen molar-refractivity contribution < 1.29 is 0 Å². The van der Waals surface area contributed by atoms with Gasteiger partial charge in [0.05, 0.1) is 0 Å². The van der Waals surface area contributed by atoms with Gasteiger partial charge in [-0.05, 0) is 13.0 Å². The molecule has 1 unspecified atom stereocenters. The smallest absolute Gasteiger partial charge is 0.0262 e. The summed E-state index contributed by atoms with van der Waals surface area (Å²) < 4.78 is 0. The molecule has 1 rings (SSSR count). The van der Waals surface area contributed by atoms with Gasteiger partial charge in [0.15, 0.2) is 0 Å². The lowest BCUT2D eigenvalue weighted by Crippen LogP contribution is -2.49. The molecular weight excluding hydrogens is 157 g/mol. The van der Waals surface area contributed by atoms with E-state index in [2.05, 4.69) is 31.4 Å². The van der Waals surface area contributed by atoms with E-state index in [0.717, 1.165) is 13.1 Å². The summed E-state index contributed by atoms with van der Waals surface area (Å²) in [7, 11) is 2.54. The molecule has 0 spiro atoms. The average Bonchev–Trinajstić information content (AvgIpc) is 2.07. The van der Waals surface area contributed by atoms with Gasteiger partial charge in [-0.25, -0.2) is 10.2 Å². The van der Waals surface area contributed by atoms with Crippen LogP contribution in [0.25, 0.3) is 0 Å². The van der Waals surface area contributed by atoms with Gasteiger partial charge in [0.2, 0.25) is 0 Å². The van der Waals surface area contributed by atoms with Crippen LogP contribution in [0.5, 0.6) is 0 Å². The first kappa shape index (κ1) is 9.40. The van der Waals surface area contributed by atoms with Crippen molar-refractivity contribution in [2.75, 3.05) is 32.7 Å². The van der Waals surface area contributed by atoms with Gasteiger partial charge in [0.1, 0.15) is 0 Å². The molecule has 1 N–H and O–H groups in total. The number of hydrogen-bond acceptors (Lipinski definition) is 3. The molecule has 1 atom stereocenters. The molecular formula is C7H18N3P. The highest BCUT2D eigenvalue weighted by Gasteiger charge is 2.13. The number of rotatable bonds is 3. The van der Waals surface area contributed by atoms with E-state index in [0.29, 0.717) is 0 Å². The lowest BCUT2D eigenvalue weighted by molar-refractivity contribution is 0.119. The van der Waals surface area contributed by atoms with Crippen LogP contribution in [0.15, 0.2) is 0 Å². The van der Waals surface area contributed by atoms with Gasteiger partial charge in [-0.1, -0.05) is 16.3 Å². The van der Waals surface area contributed by atoms with E-state index in [4.69, 9.17) is 0 Å². The van der Waals surface area contributed by atoms with E-state index in [9.17, 15) is 0 Å². The van der Waals surface area contributed by atoms with E-state index in [1.165, 1.54) is 26.1 Å². The van der Waals surface area contributed by atoms with Crippen molar-refractivity contribution in [3.63, 3.8) is 0 Å². The Morgan fingerprint density at radius 2 is 1.91 bits per heavy atom. The van der Waals surface area contributed by atoms with E-state index in [1.54, 1.807) is 0 Å². The summed E-state index contributed by atoms with van der Waals surface area (Å²) in [6, 6.07) is 0. The molecule has 1 fully saturated rings. The Morgan fingerprint density at radius 1 is 1.27 bits per heavy atom. The predicted octanol–water partition coefficient (Wildman–Crippen LogP) is 0.309. The molecule has 1 saturated heterocycles. The maximum absolute atomic E-state index is 3.09. The van der Waals surface area contributed by atoms with Crippen molar-refractivity contribution in [1.82, 2.24) is 15.1 Å². The van der Waals surface area contributed by atoms with Crippen LogP contribution in [-0.2, 0) is 0 Å². The molecule has 66 valence electrons. The number of piperazine rings is 1. The van der Waals surface area contributed by atoms with Crippen LogP contribution < -0.4 is 5.20 Å². The first-order chi connectivity index (χ1) is 5.36. The fourth-order valence-corrected chi connectivity index (χ4v) is 1.68. The molecule has 0 amide bonds. The van der Waals surface area contributed by atoms with Crippen molar-refractivity contribution in [3.05, 3.63) is 0 Å². The highest BCUT2D eigenvalue weighted by molar-refractivity contribution is 7.13. The zero-order valence-corrected chi connectivity index (χ0v) is 8.37. The van der Waals surface area contributed by atoms with Crippen LogP contribution in [-0.4, -0.2) is 42.6 Å². The number of nitrogens with zero attached hydrogens (tertiary/aromatic N) is 2. The second-order valence-corrected chi connectivity index (χ2v) is 3.22. The average molecular weight is 175 g/mol. The Kier molecular flexibility index (Phi) is 4.31. The van der Waals surface area contributed by atoms with Crippen molar-refractivity contribution in [1.29, 1.82) is 0 Å². The third kappa shape index (κ3) is 3.04. The van der Waals surface area contributed by atoms with Crippen LogP contribution in [0.2, 0.25) is 0 Å². The van der Waals surface area contributed by atoms with Gasteiger partial charge in [-0.15, -0.1) is 0 Å². The summed E-state index contributed by atoms with van der Waals surface area (Å²) >= 11 is 0. The molecule has 0 aliphatic carbocycles. The molecule has 0 aromatic carbocycles. The Bertz CT molecular complexity index is 102. The summed E-state index contributed by atoms with van der Waals surface area (Å²) in [6.07, 6.45) is 1.27. The summed E-state index contributed by atoms with van der Waals surface area (Å²) in [5.41, 5.74) is 0. The molecule has 11 heavy (non-hydrogen) atoms. The van der Waals surface area contributed by atoms with E-state index >= 15 is 0 Å². The molecule has 0 aromatic rings. The predicted molar refractivity (Wildman–Crippen MR) is 51.1 cm³/mol. The highest BCUT2D eigenvalue weighted by Crippen LogP contribution is 2.00. The fraction of sp³-hybridized carbons (Fsp3) is 1.00. The number of nitrogens with one attached hydrogen (secondary N) is 1. The molecule has 1 heterocycles. The molecule has 4 heteroatoms. The van der Waals surface area contributed by atoms with E-state index in [1.807, 2.05) is 0 Å². The minimum Gasteiger partial charge on any atom is -0.301 e. The second-order valence-electron chi connectivity index (χ2n) is 2.96. The largest absolute Gasteiger partial charge is 0.301 e. The zero-order chi connectivity index (χ0) is 8.10. The molecule has 0 radical (unpaired) electrons. The number of hydrazine groups is 1. The Hall–Kier alpha value is 0.310. The summed E-state index contributed by atoms with van der Waals surface area (Å²) in [6.45, 7) is 8.18. The fourth-order valence-electron chi connectivity index (χ4n) is 1.42. The first-order valence-electron chi connectivity index (χ1n) is 4.30. The molecule has 1 aliphatic rings. The van der Waals surface area contributed by atoms with Crippen molar-refractivity contribution in [3.8, 4) is 0 Å². The third-order valence-corrected chi connectivity index (χ3v) is 2.46. The van der Waals surface area contributed by atoms with Crippen LogP contribution in [0, 0.1) is 0 Å². The Balaban J connectivity index is 2.14. The van der Waals surface area contributed by atoms with Gasteiger partial charge in [-0.3, -0.25) is 0 Å². The second kappa shape index (κ2) is 5.04. The zero-order valence-electron chi connectivity index (χ0n) is 7.21. The quantitative estimate of drug-likeness (QED) is 0.623. The standard InChI is InChI=1S/C7H18N3P/c1-2-3-9-4-6-10(8-11)7-5-9/h8H,2-7,11H2,1H3. The van der Waals surface area contributed by atoms with Gasteiger partial charge in [0.25, 0.3) is 0 Å². The van der Waals surface area contributed by atoms with Gasteiger partial charge >= 0.3 is 0 Å². The van der Waals surface area contributed by atoms with Crippen LogP contribution in [0.1, 0.15) is 13.3 Å². The van der Waals surface area contributed by atoms with Gasteiger partial charge in [-0.2, -0.15) is 0 Å². The van der Waals surface area contributed by atoms with Crippen LogP contribution >= 0.6 is 9.39 Å². The molecule has 0 aromatic heterocycles. The van der Waals surface area contributed by atoms with E-state index in [-0.39, 0.29) is 0 Å². The SMILES string of the molecule is CCCN1CCN(NP)CC1. The molecule has 0 saturated carbocycles. The Labute approximate surface area is 71.3 Å². The molecule has 3 nitrogen and oxygen atoms in total. The van der Waals surface area contributed by atoms with Crippen LogP contribution in [0.4, 0.5) is 0 Å². The lowest BCUT2D eigenvalue weighted by atomic mass is 10.3. The van der Waals surface area contributed by atoms with Gasteiger partial charge < -0.3 is 4.90 Å². The summed E-state index contributed by atoms with van der Waals surface area (Å²) in [4.78, 5) is 2.51. The van der Waals surface area contributed by atoms with Gasteiger partial charge in [0, 0.05) is 26.2 Å². The van der Waals surface area contributed by atoms with Crippen molar-refractivity contribution >= 4 is 9.39 Å². The van der Waals surface area contributed by atoms with E-state index < -0.39 is 0 Å². The topological polar surface area (TPSA) is 18.5 Å². The Morgan fingerprint density at radius 3 is 2.36 bits per heavy atom. The monoisotopic (exact) mass is 175 g/mol. The maximum atomic E-state index is 3.09. The normalized spacial score (nSPS) is 22.4. The first-order valence-corrected chi connectivity index (χ1v) is 4.88. The summed E-state index contributed by atoms with van der Waals surface area (Å²) in [5.74, 6) is 0. The molecule has 1 aliphatic heterocycles. The highest BCUT2D eigenvalue weighted by atomic mass is 31.0. The minimum atomic E-state index is 1.14. The lowest BCUT2D eigenvalue weighted by Gasteiger charge is -2.33. The number of hydrogen-bond donors (Lipinski definition) is 1. The minimum absolute atomic E-state index is 1.14. The molecule has 0 bridgehead atoms. The summed E-state index contributed by atoms with van der Waals surface area (Å²) in [5, 5.41) is 5.32. The maximum Gasteiger partial charge on any atom is 0.0262 e.